The second-order valence-electron chi connectivity index (χ2n) is 8.57. The summed E-state index contributed by atoms with van der Waals surface area (Å²) < 4.78 is 0. The molecule has 3 rings (SSSR count). The smallest absolute Gasteiger partial charge is 0.334 e. The van der Waals surface area contributed by atoms with Gasteiger partial charge >= 0.3 is 6.03 Å². The Labute approximate surface area is 196 Å². The molecule has 8 nitrogen and oxygen atoms in total. The van der Waals surface area contributed by atoms with Crippen molar-refractivity contribution in [2.24, 2.45) is 0 Å². The largest absolute Gasteiger partial charge is 0.337 e. The molecule has 1 N–H and O–H groups in total. The summed E-state index contributed by atoms with van der Waals surface area (Å²) in [5.41, 5.74) is 0.974. The van der Waals surface area contributed by atoms with Crippen molar-refractivity contribution in [1.82, 2.24) is 25.1 Å². The molecule has 178 valence electrons. The van der Waals surface area contributed by atoms with Crippen LogP contribution in [-0.4, -0.2) is 76.0 Å². The molecular formula is C25H35N5O3. The minimum absolute atomic E-state index is 0.0280. The van der Waals surface area contributed by atoms with Crippen LogP contribution in [0, 0.1) is 12.3 Å². The molecule has 2 heterocycles. The molecule has 2 atom stereocenters. The average molecular weight is 454 g/mol. The second-order valence-corrected chi connectivity index (χ2v) is 8.57. The van der Waals surface area contributed by atoms with Gasteiger partial charge in [-0.3, -0.25) is 9.59 Å². The molecule has 0 saturated carbocycles. The van der Waals surface area contributed by atoms with Crippen LogP contribution in [0.4, 0.5) is 4.79 Å². The van der Waals surface area contributed by atoms with Gasteiger partial charge in [0.15, 0.2) is 0 Å². The summed E-state index contributed by atoms with van der Waals surface area (Å²) in [7, 11) is 0. The number of piperazine rings is 1. The van der Waals surface area contributed by atoms with Crippen LogP contribution in [0.15, 0.2) is 30.3 Å². The number of nitrogens with one attached hydrogen (secondary N) is 1. The van der Waals surface area contributed by atoms with E-state index < -0.39 is 12.2 Å². The highest BCUT2D eigenvalue weighted by Gasteiger charge is 2.50. The lowest BCUT2D eigenvalue weighted by molar-refractivity contribution is -0.189. The minimum Gasteiger partial charge on any atom is -0.337 e. The Kier molecular flexibility index (Phi) is 8.72. The Morgan fingerprint density at radius 2 is 1.91 bits per heavy atom. The van der Waals surface area contributed by atoms with E-state index in [2.05, 4.69) is 18.2 Å². The Hall–Kier alpha value is -3.05. The van der Waals surface area contributed by atoms with Crippen molar-refractivity contribution >= 4 is 17.8 Å². The van der Waals surface area contributed by atoms with E-state index in [1.54, 1.807) is 14.9 Å². The number of benzene rings is 1. The highest BCUT2D eigenvalue weighted by Crippen LogP contribution is 2.28. The Bertz CT molecular complexity index is 869. The number of rotatable bonds is 9. The lowest BCUT2D eigenvalue weighted by Gasteiger charge is -2.54. The van der Waals surface area contributed by atoms with E-state index in [9.17, 15) is 14.4 Å². The van der Waals surface area contributed by atoms with Crippen LogP contribution in [0.3, 0.4) is 0 Å². The Balaban J connectivity index is 1.83. The summed E-state index contributed by atoms with van der Waals surface area (Å²) in [5, 5.41) is 6.13. The highest BCUT2D eigenvalue weighted by atomic mass is 16.2. The van der Waals surface area contributed by atoms with Gasteiger partial charge in [0, 0.05) is 13.1 Å². The zero-order valence-corrected chi connectivity index (χ0v) is 19.7. The molecule has 0 aliphatic carbocycles. The van der Waals surface area contributed by atoms with Crippen LogP contribution in [-0.2, 0) is 16.1 Å². The van der Waals surface area contributed by atoms with Crippen LogP contribution in [0.1, 0.15) is 51.5 Å². The third kappa shape index (κ3) is 5.66. The van der Waals surface area contributed by atoms with Gasteiger partial charge in [-0.1, -0.05) is 69.4 Å². The second kappa shape index (κ2) is 11.7. The first-order valence-corrected chi connectivity index (χ1v) is 11.9. The molecule has 0 radical (unpaired) electrons. The van der Waals surface area contributed by atoms with E-state index >= 15 is 0 Å². The van der Waals surface area contributed by atoms with Crippen LogP contribution < -0.4 is 5.32 Å². The van der Waals surface area contributed by atoms with Crippen molar-refractivity contribution in [3.63, 3.8) is 0 Å². The fourth-order valence-electron chi connectivity index (χ4n) is 4.61. The summed E-state index contributed by atoms with van der Waals surface area (Å²) >= 11 is 0. The number of carbonyl (C=O) groups is 3. The van der Waals surface area contributed by atoms with Gasteiger partial charge < -0.3 is 15.1 Å². The van der Waals surface area contributed by atoms with Gasteiger partial charge in [-0.05, 0) is 18.4 Å². The van der Waals surface area contributed by atoms with E-state index in [0.717, 1.165) is 31.2 Å². The maximum Gasteiger partial charge on any atom is 0.334 e. The summed E-state index contributed by atoms with van der Waals surface area (Å²) in [6, 6.07) is 8.75. The van der Waals surface area contributed by atoms with Crippen molar-refractivity contribution in [2.45, 2.75) is 64.7 Å². The maximum atomic E-state index is 13.4. The number of hydrogen-bond donors (Lipinski definition) is 1. The topological polar surface area (TPSA) is 76.2 Å². The number of unbranched alkanes of at least 4 members (excludes halogenated alkanes) is 3. The first kappa shape index (κ1) is 24.6. The number of hydrogen-bond acceptors (Lipinski definition) is 4. The van der Waals surface area contributed by atoms with E-state index in [4.69, 9.17) is 6.42 Å². The first-order valence-electron chi connectivity index (χ1n) is 11.9. The Morgan fingerprint density at radius 1 is 1.15 bits per heavy atom. The summed E-state index contributed by atoms with van der Waals surface area (Å²) in [5.74, 6) is 2.35. The molecule has 2 aliphatic heterocycles. The zero-order chi connectivity index (χ0) is 23.8. The number of terminal acetylenes is 1. The van der Waals surface area contributed by atoms with Crippen molar-refractivity contribution in [2.75, 3.05) is 26.2 Å². The van der Waals surface area contributed by atoms with E-state index in [1.165, 1.54) is 0 Å². The molecule has 4 amide bonds. The molecule has 2 saturated heterocycles. The molecule has 0 bridgehead atoms. The number of amides is 4. The fourth-order valence-corrected chi connectivity index (χ4v) is 4.61. The predicted octanol–water partition coefficient (Wildman–Crippen LogP) is 2.42. The van der Waals surface area contributed by atoms with Crippen LogP contribution >= 0.6 is 0 Å². The molecular weight excluding hydrogens is 418 g/mol. The van der Waals surface area contributed by atoms with Crippen molar-refractivity contribution in [3.8, 4) is 12.3 Å². The quantitative estimate of drug-likeness (QED) is 0.460. The molecule has 0 unspecified atom stereocenters. The third-order valence-electron chi connectivity index (χ3n) is 6.27. The summed E-state index contributed by atoms with van der Waals surface area (Å²) in [6.45, 7) is 5.43. The zero-order valence-electron chi connectivity index (χ0n) is 19.7. The third-order valence-corrected chi connectivity index (χ3v) is 6.27. The number of fused-ring (bicyclic) bond motifs is 1. The lowest BCUT2D eigenvalue weighted by Crippen LogP contribution is -2.76. The monoisotopic (exact) mass is 453 g/mol. The van der Waals surface area contributed by atoms with Crippen molar-refractivity contribution < 1.29 is 14.4 Å². The van der Waals surface area contributed by atoms with E-state index in [0.29, 0.717) is 19.5 Å². The molecule has 2 aliphatic rings. The average Bonchev–Trinajstić information content (AvgIpc) is 2.82. The predicted molar refractivity (Wildman–Crippen MR) is 126 cm³/mol. The number of urea groups is 1. The normalized spacial score (nSPS) is 21.1. The van der Waals surface area contributed by atoms with Crippen molar-refractivity contribution in [1.29, 1.82) is 0 Å². The first-order chi connectivity index (χ1) is 16.0. The van der Waals surface area contributed by atoms with Crippen molar-refractivity contribution in [3.05, 3.63) is 35.9 Å². The van der Waals surface area contributed by atoms with Crippen LogP contribution in [0.25, 0.3) is 0 Å². The molecule has 33 heavy (non-hydrogen) atoms. The lowest BCUT2D eigenvalue weighted by atomic mass is 10.0. The van der Waals surface area contributed by atoms with Gasteiger partial charge in [0.05, 0.1) is 19.6 Å². The van der Waals surface area contributed by atoms with Gasteiger partial charge in [0.1, 0.15) is 12.2 Å². The number of nitrogens with zero attached hydrogens (tertiary/aromatic N) is 4. The molecule has 0 aromatic heterocycles. The van der Waals surface area contributed by atoms with Crippen LogP contribution in [0.5, 0.6) is 0 Å². The van der Waals surface area contributed by atoms with Gasteiger partial charge in [-0.25, -0.2) is 9.80 Å². The van der Waals surface area contributed by atoms with Gasteiger partial charge in [0.2, 0.25) is 11.8 Å². The molecule has 1 aromatic carbocycles. The summed E-state index contributed by atoms with van der Waals surface area (Å²) in [4.78, 5) is 43.0. The Morgan fingerprint density at radius 3 is 2.58 bits per heavy atom. The molecule has 0 spiro atoms. The van der Waals surface area contributed by atoms with E-state index in [-0.39, 0.29) is 37.5 Å². The SMILES string of the molecule is C#CCN1CC(=O)N2[C@@H](CC)C(=O)N(CCCCCC)C[C@@H]2N1C(=O)NCc1ccccc1. The van der Waals surface area contributed by atoms with Crippen LogP contribution in [0.2, 0.25) is 0 Å². The summed E-state index contributed by atoms with van der Waals surface area (Å²) in [6.07, 6.45) is 9.68. The minimum atomic E-state index is -0.579. The number of hydrazine groups is 1. The van der Waals surface area contributed by atoms with E-state index in [1.807, 2.05) is 42.2 Å². The molecule has 2 fully saturated rings. The highest BCUT2D eigenvalue weighted by molar-refractivity contribution is 5.91. The maximum absolute atomic E-state index is 13.4. The van der Waals surface area contributed by atoms with Gasteiger partial charge in [-0.15, -0.1) is 6.42 Å². The number of carbonyl (C=O) groups excluding carboxylic acids is 3. The standard InChI is InChI=1S/C25H35N5O3/c1-4-7-8-12-16-27-18-22-29(21(6-3)24(27)32)23(31)19-28(15-5-2)30(22)25(33)26-17-20-13-10-9-11-14-20/h2,9-11,13-14,21-22H,4,6-8,12,15-19H2,1,3H3,(H,26,33)/t21-,22-/m0/s1. The van der Waals surface area contributed by atoms with Gasteiger partial charge in [0.25, 0.3) is 0 Å². The fraction of sp³-hybridized carbons (Fsp3) is 0.560. The molecule has 1 aromatic rings. The van der Waals surface area contributed by atoms with Gasteiger partial charge in [-0.2, -0.15) is 5.01 Å². The molecule has 8 heteroatoms.